The van der Waals surface area contributed by atoms with Crippen molar-refractivity contribution in [1.82, 2.24) is 14.9 Å². The zero-order valence-electron chi connectivity index (χ0n) is 11.7. The highest BCUT2D eigenvalue weighted by Crippen LogP contribution is 2.19. The van der Waals surface area contributed by atoms with Gasteiger partial charge in [-0.15, -0.1) is 0 Å². The molecular weight excluding hydrogens is 234 g/mol. The molecule has 1 saturated carbocycles. The molecule has 0 amide bonds. The molecule has 19 heavy (non-hydrogen) atoms. The van der Waals surface area contributed by atoms with Gasteiger partial charge in [0.05, 0.1) is 6.54 Å². The molecule has 1 aliphatic rings. The van der Waals surface area contributed by atoms with Crippen molar-refractivity contribution < 1.29 is 0 Å². The first-order valence-corrected chi connectivity index (χ1v) is 7.02. The Balaban J connectivity index is 1.71. The highest BCUT2D eigenvalue weighted by molar-refractivity contribution is 5.30. The zero-order valence-corrected chi connectivity index (χ0v) is 11.7. The van der Waals surface area contributed by atoms with E-state index in [0.717, 1.165) is 25.0 Å². The quantitative estimate of drug-likeness (QED) is 0.890. The van der Waals surface area contributed by atoms with E-state index in [4.69, 9.17) is 0 Å². The molecule has 0 aliphatic heterocycles. The third-order valence-electron chi connectivity index (χ3n) is 3.85. The second-order valence-electron chi connectivity index (χ2n) is 5.55. The number of imidazole rings is 1. The van der Waals surface area contributed by atoms with Gasteiger partial charge < -0.3 is 9.88 Å². The van der Waals surface area contributed by atoms with Crippen LogP contribution in [0.5, 0.6) is 0 Å². The van der Waals surface area contributed by atoms with Crippen molar-refractivity contribution in [3.05, 3.63) is 53.1 Å². The van der Waals surface area contributed by atoms with Gasteiger partial charge in [-0.05, 0) is 43.4 Å². The lowest BCUT2D eigenvalue weighted by Gasteiger charge is -2.10. The molecule has 1 heterocycles. The standard InChI is InChI=1S/C16H21N3/c1-12-3-4-14(9-13(12)2)11-19-8-7-17-16(19)10-18-15-5-6-15/h3-4,7-9,15,18H,5-6,10-11H2,1-2H3. The van der Waals surface area contributed by atoms with Crippen LogP contribution in [0.2, 0.25) is 0 Å². The monoisotopic (exact) mass is 255 g/mol. The van der Waals surface area contributed by atoms with E-state index in [1.165, 1.54) is 29.5 Å². The number of rotatable bonds is 5. The van der Waals surface area contributed by atoms with Gasteiger partial charge >= 0.3 is 0 Å². The van der Waals surface area contributed by atoms with E-state index in [1.807, 2.05) is 6.20 Å². The average molecular weight is 255 g/mol. The summed E-state index contributed by atoms with van der Waals surface area (Å²) >= 11 is 0. The van der Waals surface area contributed by atoms with Gasteiger partial charge in [0.25, 0.3) is 0 Å². The zero-order chi connectivity index (χ0) is 13.2. The summed E-state index contributed by atoms with van der Waals surface area (Å²) < 4.78 is 2.24. The van der Waals surface area contributed by atoms with Crippen LogP contribution in [0, 0.1) is 13.8 Å². The van der Waals surface area contributed by atoms with Gasteiger partial charge in [0.15, 0.2) is 0 Å². The first-order valence-electron chi connectivity index (χ1n) is 7.02. The summed E-state index contributed by atoms with van der Waals surface area (Å²) in [5.74, 6) is 1.13. The lowest BCUT2D eigenvalue weighted by molar-refractivity contribution is 0.618. The van der Waals surface area contributed by atoms with Crippen LogP contribution in [0.4, 0.5) is 0 Å². The Morgan fingerprint density at radius 1 is 1.26 bits per heavy atom. The van der Waals surface area contributed by atoms with Crippen molar-refractivity contribution in [2.75, 3.05) is 0 Å². The van der Waals surface area contributed by atoms with E-state index < -0.39 is 0 Å². The van der Waals surface area contributed by atoms with Crippen LogP contribution in [0.15, 0.2) is 30.6 Å². The fourth-order valence-electron chi connectivity index (χ4n) is 2.27. The van der Waals surface area contributed by atoms with Gasteiger partial charge in [0, 0.05) is 25.0 Å². The molecule has 3 nitrogen and oxygen atoms in total. The summed E-state index contributed by atoms with van der Waals surface area (Å²) in [4.78, 5) is 4.45. The Morgan fingerprint density at radius 2 is 2.11 bits per heavy atom. The Kier molecular flexibility index (Phi) is 3.38. The van der Waals surface area contributed by atoms with Crippen LogP contribution < -0.4 is 5.32 Å². The minimum atomic E-state index is 0.728. The molecule has 0 bridgehead atoms. The van der Waals surface area contributed by atoms with Crippen molar-refractivity contribution in [2.45, 2.75) is 45.8 Å². The third kappa shape index (κ3) is 3.04. The molecule has 1 fully saturated rings. The number of aromatic nitrogens is 2. The van der Waals surface area contributed by atoms with Gasteiger partial charge in [0.1, 0.15) is 5.82 Å². The summed E-state index contributed by atoms with van der Waals surface area (Å²) in [7, 11) is 0. The molecule has 3 rings (SSSR count). The van der Waals surface area contributed by atoms with Gasteiger partial charge in [-0.2, -0.15) is 0 Å². The predicted molar refractivity (Wildman–Crippen MR) is 77.1 cm³/mol. The van der Waals surface area contributed by atoms with Crippen LogP contribution in [-0.2, 0) is 13.1 Å². The molecular formula is C16H21N3. The Bertz CT molecular complexity index is 567. The van der Waals surface area contributed by atoms with E-state index in [0.29, 0.717) is 0 Å². The Morgan fingerprint density at radius 3 is 2.84 bits per heavy atom. The van der Waals surface area contributed by atoms with E-state index >= 15 is 0 Å². The van der Waals surface area contributed by atoms with Gasteiger partial charge in [-0.1, -0.05) is 18.2 Å². The van der Waals surface area contributed by atoms with Gasteiger partial charge in [-0.25, -0.2) is 4.98 Å². The van der Waals surface area contributed by atoms with Crippen LogP contribution in [-0.4, -0.2) is 15.6 Å². The molecule has 0 saturated heterocycles. The molecule has 3 heteroatoms. The molecule has 1 aromatic carbocycles. The fraction of sp³-hybridized carbons (Fsp3) is 0.438. The molecule has 0 atom stereocenters. The highest BCUT2D eigenvalue weighted by atomic mass is 15.1. The first kappa shape index (κ1) is 12.4. The minimum absolute atomic E-state index is 0.728. The van der Waals surface area contributed by atoms with E-state index in [2.05, 4.69) is 53.1 Å². The molecule has 2 aromatic rings. The van der Waals surface area contributed by atoms with E-state index in [9.17, 15) is 0 Å². The molecule has 100 valence electrons. The first-order chi connectivity index (χ1) is 9.22. The number of nitrogens with zero attached hydrogens (tertiary/aromatic N) is 2. The van der Waals surface area contributed by atoms with Crippen molar-refractivity contribution in [2.24, 2.45) is 0 Å². The summed E-state index contributed by atoms with van der Waals surface area (Å²) in [6.07, 6.45) is 6.60. The molecule has 0 spiro atoms. The predicted octanol–water partition coefficient (Wildman–Crippen LogP) is 2.80. The van der Waals surface area contributed by atoms with Crippen molar-refractivity contribution >= 4 is 0 Å². The van der Waals surface area contributed by atoms with Crippen LogP contribution in [0.3, 0.4) is 0 Å². The SMILES string of the molecule is Cc1ccc(Cn2ccnc2CNC2CC2)cc1C. The van der Waals surface area contributed by atoms with Crippen LogP contribution >= 0.6 is 0 Å². The maximum Gasteiger partial charge on any atom is 0.122 e. The number of hydrogen-bond acceptors (Lipinski definition) is 2. The van der Waals surface area contributed by atoms with Crippen LogP contribution in [0.25, 0.3) is 0 Å². The molecule has 1 aromatic heterocycles. The molecule has 0 radical (unpaired) electrons. The average Bonchev–Trinajstić information content (AvgIpc) is 3.12. The maximum absolute atomic E-state index is 4.45. The summed E-state index contributed by atoms with van der Waals surface area (Å²) in [5, 5.41) is 3.52. The maximum atomic E-state index is 4.45. The van der Waals surface area contributed by atoms with Crippen molar-refractivity contribution in [3.8, 4) is 0 Å². The van der Waals surface area contributed by atoms with Gasteiger partial charge in [-0.3, -0.25) is 0 Å². The summed E-state index contributed by atoms with van der Waals surface area (Å²) in [6, 6.07) is 7.41. The topological polar surface area (TPSA) is 29.9 Å². The Labute approximate surface area is 114 Å². The fourth-order valence-corrected chi connectivity index (χ4v) is 2.27. The normalized spacial score (nSPS) is 14.8. The Hall–Kier alpha value is -1.61. The second kappa shape index (κ2) is 5.17. The van der Waals surface area contributed by atoms with Crippen LogP contribution in [0.1, 0.15) is 35.4 Å². The van der Waals surface area contributed by atoms with Crippen molar-refractivity contribution in [3.63, 3.8) is 0 Å². The van der Waals surface area contributed by atoms with Crippen molar-refractivity contribution in [1.29, 1.82) is 0 Å². The van der Waals surface area contributed by atoms with E-state index in [1.54, 1.807) is 0 Å². The summed E-state index contributed by atoms with van der Waals surface area (Å²) in [6.45, 7) is 6.11. The van der Waals surface area contributed by atoms with E-state index in [-0.39, 0.29) is 0 Å². The lowest BCUT2D eigenvalue weighted by atomic mass is 10.1. The van der Waals surface area contributed by atoms with Gasteiger partial charge in [0.2, 0.25) is 0 Å². The number of benzene rings is 1. The molecule has 1 aliphatic carbocycles. The highest BCUT2D eigenvalue weighted by Gasteiger charge is 2.20. The minimum Gasteiger partial charge on any atom is -0.329 e. The summed E-state index contributed by atoms with van der Waals surface area (Å²) in [5.41, 5.74) is 4.05. The smallest absolute Gasteiger partial charge is 0.122 e. The third-order valence-corrected chi connectivity index (χ3v) is 3.85. The number of aryl methyl sites for hydroxylation is 2. The number of hydrogen-bond donors (Lipinski definition) is 1. The molecule has 0 unspecified atom stereocenters. The largest absolute Gasteiger partial charge is 0.329 e. The number of nitrogens with one attached hydrogen (secondary N) is 1. The lowest BCUT2D eigenvalue weighted by Crippen LogP contribution is -2.19. The second-order valence-corrected chi connectivity index (χ2v) is 5.55. The molecule has 1 N–H and O–H groups in total.